The third-order valence-electron chi connectivity index (χ3n) is 2.42. The molecule has 0 unspecified atom stereocenters. The van der Waals surface area contributed by atoms with E-state index in [0.29, 0.717) is 0 Å². The summed E-state index contributed by atoms with van der Waals surface area (Å²) in [4.78, 5) is 31.8. The first kappa shape index (κ1) is 24.9. The van der Waals surface area contributed by atoms with Gasteiger partial charge in [-0.15, -0.1) is 0 Å². The third-order valence-corrected chi connectivity index (χ3v) is 2.42. The zero-order valence-corrected chi connectivity index (χ0v) is 13.3. The van der Waals surface area contributed by atoms with Crippen LogP contribution in [0.3, 0.4) is 0 Å². The second kappa shape index (κ2) is 11.2. The van der Waals surface area contributed by atoms with E-state index in [9.17, 15) is 40.9 Å². The van der Waals surface area contributed by atoms with Crippen molar-refractivity contribution in [2.75, 3.05) is 0 Å². The van der Waals surface area contributed by atoms with Crippen LogP contribution in [-0.2, 0) is 41.7 Å². The zero-order valence-electron chi connectivity index (χ0n) is 11.8. The molecule has 0 N–H and O–H groups in total. The summed E-state index contributed by atoms with van der Waals surface area (Å²) in [6, 6.07) is 0. The molecule has 0 aromatic carbocycles. The van der Waals surface area contributed by atoms with E-state index in [1.54, 1.807) is 0 Å². The standard InChI is InChI=1S/C8H12.C5F6O4.Ag/c1-2-4-6-8-7-5-3-1;6-4(7,1(12)2(13)15-11)3(14)5(8,9)10;/h1-2,7-8H,3-6H2;;/b2-1-,8-7-;;. The summed E-state index contributed by atoms with van der Waals surface area (Å²) in [5.41, 5.74) is 0. The maximum atomic E-state index is 12.3. The van der Waals surface area contributed by atoms with Crippen molar-refractivity contribution in [1.29, 1.82) is 0 Å². The molecule has 1 aliphatic rings. The molecule has 0 fully saturated rings. The van der Waals surface area contributed by atoms with Crippen LogP contribution in [0, 0.1) is 0 Å². The van der Waals surface area contributed by atoms with Crippen molar-refractivity contribution in [2.24, 2.45) is 0 Å². The van der Waals surface area contributed by atoms with E-state index in [1.807, 2.05) is 4.94 Å². The molecular formula is C13H12AgF6O4. The van der Waals surface area contributed by atoms with Gasteiger partial charge in [-0.2, -0.15) is 22.0 Å². The molecule has 0 saturated heterocycles. The van der Waals surface area contributed by atoms with E-state index in [1.165, 1.54) is 25.7 Å². The Morgan fingerprint density at radius 3 is 1.38 bits per heavy atom. The Labute approximate surface area is 148 Å². The molecule has 1 aliphatic carbocycles. The van der Waals surface area contributed by atoms with Crippen LogP contribution in [0.2, 0.25) is 0 Å². The number of halogens is 6. The summed E-state index contributed by atoms with van der Waals surface area (Å²) in [7, 11) is 0. The number of alkyl halides is 5. The SMILES string of the molecule is C1=C\CC/C=C\CC/1.O=C(OF)C(=O)C(F)(F)C(=O)C(F)(F)F.[Ag]. The first-order chi connectivity index (χ1) is 10.5. The third kappa shape index (κ3) is 8.46. The van der Waals surface area contributed by atoms with Gasteiger partial charge in [-0.05, 0) is 25.7 Å². The van der Waals surface area contributed by atoms with E-state index in [-0.39, 0.29) is 22.4 Å². The average molecular weight is 454 g/mol. The minimum Gasteiger partial charge on any atom is -0.282 e. The van der Waals surface area contributed by atoms with Crippen LogP contribution in [0.15, 0.2) is 24.3 Å². The fraction of sp³-hybridized carbons (Fsp3) is 0.462. The largest absolute Gasteiger partial charge is 0.456 e. The van der Waals surface area contributed by atoms with Gasteiger partial charge in [0.15, 0.2) is 0 Å². The Balaban J connectivity index is 0. The van der Waals surface area contributed by atoms with E-state index < -0.39 is 29.6 Å². The molecule has 0 amide bonds. The smallest absolute Gasteiger partial charge is 0.282 e. The summed E-state index contributed by atoms with van der Waals surface area (Å²) < 4.78 is 69.8. The van der Waals surface area contributed by atoms with Gasteiger partial charge >= 0.3 is 29.6 Å². The number of carbonyl (C=O) groups excluding carboxylic acids is 3. The molecule has 0 atom stereocenters. The van der Waals surface area contributed by atoms with Gasteiger partial charge < -0.3 is 0 Å². The molecule has 11 heteroatoms. The molecular weight excluding hydrogens is 442 g/mol. The minimum absolute atomic E-state index is 0. The van der Waals surface area contributed by atoms with Crippen molar-refractivity contribution >= 4 is 17.5 Å². The van der Waals surface area contributed by atoms with Crippen molar-refractivity contribution in [3.8, 4) is 0 Å². The van der Waals surface area contributed by atoms with Crippen LogP contribution in [0.25, 0.3) is 0 Å². The minimum atomic E-state index is -6.03. The molecule has 0 saturated carbocycles. The molecule has 1 radical (unpaired) electrons. The Morgan fingerprint density at radius 1 is 0.792 bits per heavy atom. The molecule has 141 valence electrons. The first-order valence-electron chi connectivity index (χ1n) is 6.22. The second-order valence-corrected chi connectivity index (χ2v) is 4.19. The van der Waals surface area contributed by atoms with Gasteiger partial charge in [-0.25, -0.2) is 9.74 Å². The maximum absolute atomic E-state index is 12.3. The summed E-state index contributed by atoms with van der Waals surface area (Å²) in [5.74, 6) is -15.6. The molecule has 24 heavy (non-hydrogen) atoms. The molecule has 1 rings (SSSR count). The summed E-state index contributed by atoms with van der Waals surface area (Å²) in [6.45, 7) is 0. The van der Waals surface area contributed by atoms with Gasteiger partial charge in [0, 0.05) is 26.9 Å². The molecule has 0 heterocycles. The molecule has 0 aromatic heterocycles. The van der Waals surface area contributed by atoms with Gasteiger partial charge in [-0.1, -0.05) is 24.3 Å². The number of Topliss-reactive ketones (excluding diaryl/α,β-unsaturated/α-hetero) is 2. The Hall–Kier alpha value is -1.39. The molecule has 0 aromatic rings. The Kier molecular flexibility index (Phi) is 11.6. The normalized spacial score (nSPS) is 16.9. The quantitative estimate of drug-likeness (QED) is 0.216. The van der Waals surface area contributed by atoms with E-state index >= 15 is 0 Å². The summed E-state index contributed by atoms with van der Waals surface area (Å²) >= 11 is 0. The van der Waals surface area contributed by atoms with E-state index in [0.717, 1.165) is 0 Å². The second-order valence-electron chi connectivity index (χ2n) is 4.19. The van der Waals surface area contributed by atoms with Gasteiger partial charge in [0.25, 0.3) is 0 Å². The summed E-state index contributed by atoms with van der Waals surface area (Å²) in [6.07, 6.45) is 7.97. The van der Waals surface area contributed by atoms with E-state index in [2.05, 4.69) is 24.3 Å². The fourth-order valence-corrected chi connectivity index (χ4v) is 1.30. The van der Waals surface area contributed by atoms with Crippen LogP contribution in [0.1, 0.15) is 25.7 Å². The van der Waals surface area contributed by atoms with Crippen molar-refractivity contribution in [2.45, 2.75) is 37.8 Å². The fourth-order valence-electron chi connectivity index (χ4n) is 1.30. The number of hydrogen-bond acceptors (Lipinski definition) is 4. The van der Waals surface area contributed by atoms with Crippen LogP contribution in [0.4, 0.5) is 26.5 Å². The maximum Gasteiger partial charge on any atom is 0.456 e. The van der Waals surface area contributed by atoms with Crippen LogP contribution in [-0.4, -0.2) is 29.6 Å². The zero-order chi connectivity index (χ0) is 18.1. The van der Waals surface area contributed by atoms with Crippen LogP contribution >= 0.6 is 0 Å². The van der Waals surface area contributed by atoms with Crippen LogP contribution < -0.4 is 0 Å². The molecule has 0 bridgehead atoms. The number of carbonyl (C=O) groups is 3. The number of rotatable bonds is 3. The first-order valence-corrected chi connectivity index (χ1v) is 6.22. The number of ketones is 2. The van der Waals surface area contributed by atoms with Crippen molar-refractivity contribution in [3.63, 3.8) is 0 Å². The van der Waals surface area contributed by atoms with Crippen molar-refractivity contribution < 1.29 is 68.2 Å². The molecule has 4 nitrogen and oxygen atoms in total. The topological polar surface area (TPSA) is 60.4 Å². The number of allylic oxidation sites excluding steroid dienone is 4. The van der Waals surface area contributed by atoms with Gasteiger partial charge in [0.1, 0.15) is 0 Å². The van der Waals surface area contributed by atoms with E-state index in [4.69, 9.17) is 0 Å². The Bertz CT molecular complexity index is 473. The predicted molar refractivity (Wildman–Crippen MR) is 65.0 cm³/mol. The van der Waals surface area contributed by atoms with Gasteiger partial charge in [-0.3, -0.25) is 9.59 Å². The van der Waals surface area contributed by atoms with Crippen molar-refractivity contribution in [1.82, 2.24) is 0 Å². The molecule has 0 spiro atoms. The summed E-state index contributed by atoms with van der Waals surface area (Å²) in [5, 5.41) is 0. The van der Waals surface area contributed by atoms with Crippen LogP contribution in [0.5, 0.6) is 0 Å². The predicted octanol–water partition coefficient (Wildman–Crippen LogP) is 3.42. The average Bonchev–Trinajstić information content (AvgIpc) is 2.43. The molecule has 0 aliphatic heterocycles. The monoisotopic (exact) mass is 453 g/mol. The van der Waals surface area contributed by atoms with Gasteiger partial charge in [0.05, 0.1) is 0 Å². The Morgan fingerprint density at radius 2 is 1.12 bits per heavy atom. The van der Waals surface area contributed by atoms with Crippen molar-refractivity contribution in [3.05, 3.63) is 24.3 Å². The van der Waals surface area contributed by atoms with Gasteiger partial charge in [0.2, 0.25) is 0 Å². The number of hydrogen-bond donors (Lipinski definition) is 0.